The molecule has 4 aromatic carbocycles. The molecular weight excluding hydrogens is 458 g/mol. The van der Waals surface area contributed by atoms with Crippen LogP contribution in [0.3, 0.4) is 0 Å². The number of ether oxygens (including phenoxy) is 2. The van der Waals surface area contributed by atoms with Crippen LogP contribution < -0.4 is 14.8 Å². The van der Waals surface area contributed by atoms with Gasteiger partial charge in [0.2, 0.25) is 0 Å². The van der Waals surface area contributed by atoms with E-state index in [1.807, 2.05) is 104 Å². The maximum atomic E-state index is 12.1. The van der Waals surface area contributed by atoms with Crippen LogP contribution in [0.15, 0.2) is 109 Å². The number of carbonyl (C=O) groups is 1. The fourth-order valence-corrected chi connectivity index (χ4v) is 4.01. The molecule has 1 N–H and O–H groups in total. The lowest BCUT2D eigenvalue weighted by molar-refractivity contribution is -0.112. The van der Waals surface area contributed by atoms with Gasteiger partial charge in [-0.25, -0.2) is 0 Å². The van der Waals surface area contributed by atoms with Gasteiger partial charge in [0.15, 0.2) is 5.78 Å². The van der Waals surface area contributed by atoms with E-state index < -0.39 is 0 Å². The van der Waals surface area contributed by atoms with E-state index in [2.05, 4.69) is 12.2 Å². The van der Waals surface area contributed by atoms with E-state index in [9.17, 15) is 4.79 Å². The Balaban J connectivity index is 1.63. The van der Waals surface area contributed by atoms with Gasteiger partial charge in [-0.05, 0) is 61.7 Å². The van der Waals surface area contributed by atoms with Gasteiger partial charge in [0.05, 0.1) is 0 Å². The van der Waals surface area contributed by atoms with Crippen molar-refractivity contribution in [3.8, 4) is 11.5 Å². The van der Waals surface area contributed by atoms with Crippen LogP contribution in [-0.4, -0.2) is 5.78 Å². The number of allylic oxidation sites excluding steroid dienone is 2. The molecule has 0 heterocycles. The van der Waals surface area contributed by atoms with E-state index in [0.717, 1.165) is 45.1 Å². The molecule has 0 spiro atoms. The van der Waals surface area contributed by atoms with E-state index in [0.29, 0.717) is 19.6 Å². The highest BCUT2D eigenvalue weighted by Gasteiger charge is 2.14. The van der Waals surface area contributed by atoms with Gasteiger partial charge in [-0.2, -0.15) is 0 Å². The Morgan fingerprint density at radius 3 is 1.89 bits per heavy atom. The summed E-state index contributed by atoms with van der Waals surface area (Å²) in [5.41, 5.74) is 7.02. The Hall–Kier alpha value is -4.31. The summed E-state index contributed by atoms with van der Waals surface area (Å²) in [6, 6.07) is 32.4. The fraction of sp³-hybridized carbons (Fsp3) is 0.182. The van der Waals surface area contributed by atoms with Crippen LogP contribution in [0, 0.1) is 13.8 Å². The van der Waals surface area contributed by atoms with Crippen LogP contribution in [0.1, 0.15) is 34.7 Å². The number of carbonyl (C=O) groups excluding carboxylic acids is 1. The van der Waals surface area contributed by atoms with Gasteiger partial charge in [-0.1, -0.05) is 78.4 Å². The summed E-state index contributed by atoms with van der Waals surface area (Å²) in [5, 5.41) is 3.42. The molecule has 0 radical (unpaired) electrons. The van der Waals surface area contributed by atoms with Crippen molar-refractivity contribution < 1.29 is 14.3 Å². The van der Waals surface area contributed by atoms with Crippen molar-refractivity contribution in [2.24, 2.45) is 0 Å². The normalized spacial score (nSPS) is 11.2. The smallest absolute Gasteiger partial charge is 0.154 e. The molecule has 0 amide bonds. The van der Waals surface area contributed by atoms with Crippen LogP contribution >= 0.6 is 0 Å². The first-order chi connectivity index (χ1) is 18.0. The van der Waals surface area contributed by atoms with Crippen LogP contribution in [0.5, 0.6) is 11.5 Å². The van der Waals surface area contributed by atoms with E-state index >= 15 is 0 Å². The molecule has 0 saturated carbocycles. The zero-order valence-electron chi connectivity index (χ0n) is 21.7. The highest BCUT2D eigenvalue weighted by molar-refractivity contribution is 5.88. The van der Waals surface area contributed by atoms with Gasteiger partial charge in [-0.15, -0.1) is 0 Å². The molecule has 0 aliphatic carbocycles. The molecule has 0 aromatic heterocycles. The summed E-state index contributed by atoms with van der Waals surface area (Å²) in [4.78, 5) is 12.1. The SMILES string of the molecule is CC(=O)/C=C(/Cc1cc(OCc2ccccc2)c(C)cc1OCc1ccccc1)Nc1ccc(C)cc1. The van der Waals surface area contributed by atoms with Crippen LogP contribution in [0.2, 0.25) is 0 Å². The first kappa shape index (κ1) is 25.8. The highest BCUT2D eigenvalue weighted by atomic mass is 16.5. The second-order valence-electron chi connectivity index (χ2n) is 9.22. The Morgan fingerprint density at radius 1 is 0.757 bits per heavy atom. The number of rotatable bonds is 11. The lowest BCUT2D eigenvalue weighted by atomic mass is 10.0. The number of hydrogen-bond donors (Lipinski definition) is 1. The van der Waals surface area contributed by atoms with Crippen LogP contribution in [-0.2, 0) is 24.4 Å². The van der Waals surface area contributed by atoms with E-state index in [-0.39, 0.29) is 5.78 Å². The number of anilines is 1. The molecule has 0 bridgehead atoms. The maximum Gasteiger partial charge on any atom is 0.154 e. The minimum Gasteiger partial charge on any atom is -0.489 e. The zero-order valence-corrected chi connectivity index (χ0v) is 21.7. The monoisotopic (exact) mass is 491 g/mol. The number of ketones is 1. The van der Waals surface area contributed by atoms with Crippen molar-refractivity contribution >= 4 is 11.5 Å². The quantitative estimate of drug-likeness (QED) is 0.220. The topological polar surface area (TPSA) is 47.6 Å². The molecule has 4 heteroatoms. The molecule has 0 atom stereocenters. The number of hydrogen-bond acceptors (Lipinski definition) is 4. The predicted molar refractivity (Wildman–Crippen MR) is 150 cm³/mol. The maximum absolute atomic E-state index is 12.1. The minimum absolute atomic E-state index is 0.0194. The van der Waals surface area contributed by atoms with Crippen LogP contribution in [0.25, 0.3) is 0 Å². The molecule has 4 rings (SSSR count). The van der Waals surface area contributed by atoms with Crippen molar-refractivity contribution in [1.82, 2.24) is 0 Å². The zero-order chi connectivity index (χ0) is 26.0. The van der Waals surface area contributed by atoms with Crippen molar-refractivity contribution in [2.75, 3.05) is 5.32 Å². The third-order valence-electron chi connectivity index (χ3n) is 5.95. The number of nitrogens with one attached hydrogen (secondary N) is 1. The number of benzene rings is 4. The van der Waals surface area contributed by atoms with Gasteiger partial charge in [0.1, 0.15) is 24.7 Å². The fourth-order valence-electron chi connectivity index (χ4n) is 4.01. The van der Waals surface area contributed by atoms with E-state index in [4.69, 9.17) is 9.47 Å². The standard InChI is InChI=1S/C33H33NO3/c1-24-14-16-30(17-15-24)34-31(19-26(3)35)20-29-21-32(36-22-27-10-6-4-7-11-27)25(2)18-33(29)37-23-28-12-8-5-9-13-28/h4-19,21,34H,20,22-23H2,1-3H3/b31-19-. The summed E-state index contributed by atoms with van der Waals surface area (Å²) in [6.07, 6.45) is 2.13. The van der Waals surface area contributed by atoms with Crippen LogP contribution in [0.4, 0.5) is 5.69 Å². The Bertz CT molecular complexity index is 1340. The average Bonchev–Trinajstić information content (AvgIpc) is 2.90. The van der Waals surface area contributed by atoms with Gasteiger partial charge in [0.25, 0.3) is 0 Å². The average molecular weight is 492 g/mol. The Morgan fingerprint density at radius 2 is 1.32 bits per heavy atom. The Kier molecular flexibility index (Phi) is 8.77. The van der Waals surface area contributed by atoms with Crippen molar-refractivity contribution in [1.29, 1.82) is 0 Å². The third kappa shape index (κ3) is 7.84. The second-order valence-corrected chi connectivity index (χ2v) is 9.22. The first-order valence-corrected chi connectivity index (χ1v) is 12.5. The first-order valence-electron chi connectivity index (χ1n) is 12.5. The van der Waals surface area contributed by atoms with Gasteiger partial charge < -0.3 is 14.8 Å². The van der Waals surface area contributed by atoms with Gasteiger partial charge in [-0.3, -0.25) is 4.79 Å². The van der Waals surface area contributed by atoms with Gasteiger partial charge >= 0.3 is 0 Å². The summed E-state index contributed by atoms with van der Waals surface area (Å²) < 4.78 is 12.5. The van der Waals surface area contributed by atoms with Crippen molar-refractivity contribution in [2.45, 2.75) is 40.4 Å². The summed E-state index contributed by atoms with van der Waals surface area (Å²) in [5.74, 6) is 1.55. The third-order valence-corrected chi connectivity index (χ3v) is 5.95. The van der Waals surface area contributed by atoms with Crippen molar-refractivity contribution in [3.05, 3.63) is 137 Å². The molecule has 0 unspecified atom stereocenters. The van der Waals surface area contributed by atoms with E-state index in [1.165, 1.54) is 5.56 Å². The molecule has 0 aliphatic heterocycles. The largest absolute Gasteiger partial charge is 0.489 e. The number of aryl methyl sites for hydroxylation is 2. The highest BCUT2D eigenvalue weighted by Crippen LogP contribution is 2.32. The molecule has 0 fully saturated rings. The predicted octanol–water partition coefficient (Wildman–Crippen LogP) is 7.59. The molecule has 0 saturated heterocycles. The molecule has 4 nitrogen and oxygen atoms in total. The second kappa shape index (κ2) is 12.6. The summed E-state index contributed by atoms with van der Waals surface area (Å²) in [7, 11) is 0. The molecular formula is C33H33NO3. The summed E-state index contributed by atoms with van der Waals surface area (Å²) in [6.45, 7) is 6.57. The molecule has 37 heavy (non-hydrogen) atoms. The van der Waals surface area contributed by atoms with E-state index in [1.54, 1.807) is 13.0 Å². The molecule has 188 valence electrons. The molecule has 4 aromatic rings. The summed E-state index contributed by atoms with van der Waals surface area (Å²) >= 11 is 0. The lowest BCUT2D eigenvalue weighted by Crippen LogP contribution is -2.08. The Labute approximate surface area is 219 Å². The van der Waals surface area contributed by atoms with Crippen molar-refractivity contribution in [3.63, 3.8) is 0 Å². The minimum atomic E-state index is -0.0194. The lowest BCUT2D eigenvalue weighted by Gasteiger charge is -2.18. The van der Waals surface area contributed by atoms with Gasteiger partial charge in [0, 0.05) is 29.4 Å². The molecule has 0 aliphatic rings.